The van der Waals surface area contributed by atoms with Gasteiger partial charge >= 0.3 is 0 Å². The molecule has 0 spiro atoms. The lowest BCUT2D eigenvalue weighted by molar-refractivity contribution is -0.136. The first-order valence-electron chi connectivity index (χ1n) is 8.26. The fourth-order valence-corrected chi connectivity index (χ4v) is 4.89. The van der Waals surface area contributed by atoms with Gasteiger partial charge in [-0.25, -0.2) is 8.42 Å². The quantitative estimate of drug-likeness (QED) is 0.749. The third-order valence-corrected chi connectivity index (χ3v) is 6.34. The zero-order valence-corrected chi connectivity index (χ0v) is 15.9. The van der Waals surface area contributed by atoms with Crippen molar-refractivity contribution in [3.8, 4) is 5.75 Å². The standard InChI is InChI=1S/C18H20ClNO5S/c1-13-6-7-15(25-13)10-20(14-8-9-26(22,23)12-14)18(21)11-24-17-5-3-2-4-16(17)19/h2-7,14H,8-12H2,1H3/t14-/m0/s1. The second-order valence-electron chi connectivity index (χ2n) is 6.31. The van der Waals surface area contributed by atoms with Gasteiger partial charge in [-0.05, 0) is 37.6 Å². The number of halogens is 1. The molecule has 1 saturated heterocycles. The highest BCUT2D eigenvalue weighted by Crippen LogP contribution is 2.24. The Morgan fingerprint density at radius 1 is 1.31 bits per heavy atom. The van der Waals surface area contributed by atoms with Crippen molar-refractivity contribution in [3.05, 3.63) is 52.9 Å². The molecule has 1 aliphatic rings. The number of ether oxygens (including phenoxy) is 1. The Labute approximate surface area is 157 Å². The zero-order chi connectivity index (χ0) is 18.7. The Hall–Kier alpha value is -1.99. The third-order valence-electron chi connectivity index (χ3n) is 4.28. The summed E-state index contributed by atoms with van der Waals surface area (Å²) in [5.41, 5.74) is 0. The molecule has 1 atom stereocenters. The highest BCUT2D eigenvalue weighted by Gasteiger charge is 2.35. The van der Waals surface area contributed by atoms with Gasteiger partial charge in [-0.2, -0.15) is 0 Å². The Morgan fingerprint density at radius 2 is 2.08 bits per heavy atom. The van der Waals surface area contributed by atoms with Crippen molar-refractivity contribution in [3.63, 3.8) is 0 Å². The van der Waals surface area contributed by atoms with Gasteiger partial charge in [-0.3, -0.25) is 4.79 Å². The van der Waals surface area contributed by atoms with E-state index in [4.69, 9.17) is 20.8 Å². The normalized spacial score (nSPS) is 18.6. The molecule has 8 heteroatoms. The Morgan fingerprint density at radius 3 is 2.69 bits per heavy atom. The molecule has 140 valence electrons. The van der Waals surface area contributed by atoms with E-state index in [9.17, 15) is 13.2 Å². The van der Waals surface area contributed by atoms with Crippen LogP contribution in [0.4, 0.5) is 0 Å². The minimum absolute atomic E-state index is 0.0372. The van der Waals surface area contributed by atoms with Gasteiger partial charge in [-0.1, -0.05) is 23.7 Å². The molecule has 1 aromatic carbocycles. The highest BCUT2D eigenvalue weighted by atomic mass is 35.5. The SMILES string of the molecule is Cc1ccc(CN(C(=O)COc2ccccc2Cl)[C@H]2CCS(=O)(=O)C2)o1. The maximum atomic E-state index is 12.8. The molecular formula is C18H20ClNO5S. The molecule has 0 aliphatic carbocycles. The molecular weight excluding hydrogens is 378 g/mol. The maximum absolute atomic E-state index is 12.8. The van der Waals surface area contributed by atoms with Crippen LogP contribution in [0.25, 0.3) is 0 Å². The number of benzene rings is 1. The average molecular weight is 398 g/mol. The first-order chi connectivity index (χ1) is 12.3. The van der Waals surface area contributed by atoms with E-state index in [1.54, 1.807) is 30.3 Å². The number of nitrogens with zero attached hydrogens (tertiary/aromatic N) is 1. The first-order valence-corrected chi connectivity index (χ1v) is 10.5. The van der Waals surface area contributed by atoms with Crippen LogP contribution in [0.3, 0.4) is 0 Å². The maximum Gasteiger partial charge on any atom is 0.261 e. The van der Waals surface area contributed by atoms with Crippen molar-refractivity contribution in [1.82, 2.24) is 4.90 Å². The van der Waals surface area contributed by atoms with Crippen LogP contribution in [0.2, 0.25) is 5.02 Å². The predicted octanol–water partition coefficient (Wildman–Crippen LogP) is 2.84. The molecule has 0 N–H and O–H groups in total. The number of sulfone groups is 1. The van der Waals surface area contributed by atoms with Gasteiger partial charge < -0.3 is 14.1 Å². The summed E-state index contributed by atoms with van der Waals surface area (Å²) in [5.74, 6) is 1.50. The van der Waals surface area contributed by atoms with Gasteiger partial charge in [0.15, 0.2) is 16.4 Å². The van der Waals surface area contributed by atoms with Crippen LogP contribution >= 0.6 is 11.6 Å². The molecule has 0 unspecified atom stereocenters. The largest absolute Gasteiger partial charge is 0.482 e. The molecule has 0 radical (unpaired) electrons. The smallest absolute Gasteiger partial charge is 0.261 e. The first kappa shape index (κ1) is 18.8. The second-order valence-corrected chi connectivity index (χ2v) is 8.95. The monoisotopic (exact) mass is 397 g/mol. The Balaban J connectivity index is 1.73. The lowest BCUT2D eigenvalue weighted by Crippen LogP contribution is -2.43. The molecule has 1 aromatic heterocycles. The van der Waals surface area contributed by atoms with Crippen molar-refractivity contribution in [2.24, 2.45) is 0 Å². The highest BCUT2D eigenvalue weighted by molar-refractivity contribution is 7.91. The fraction of sp³-hybridized carbons (Fsp3) is 0.389. The fourth-order valence-electron chi connectivity index (χ4n) is 2.96. The number of amides is 1. The van der Waals surface area contributed by atoms with Crippen LogP contribution < -0.4 is 4.74 Å². The van der Waals surface area contributed by atoms with Crippen LogP contribution in [-0.4, -0.2) is 43.4 Å². The number of carbonyl (C=O) groups excluding carboxylic acids is 1. The molecule has 2 aromatic rings. The van der Waals surface area contributed by atoms with E-state index in [-0.39, 0.29) is 36.6 Å². The molecule has 1 aliphatic heterocycles. The topological polar surface area (TPSA) is 76.8 Å². The van der Waals surface area contributed by atoms with Crippen molar-refractivity contribution in [1.29, 1.82) is 0 Å². The number of rotatable bonds is 6. The molecule has 2 heterocycles. The summed E-state index contributed by atoms with van der Waals surface area (Å²) >= 11 is 6.04. The van der Waals surface area contributed by atoms with Crippen LogP contribution in [0, 0.1) is 6.92 Å². The van der Waals surface area contributed by atoms with E-state index < -0.39 is 9.84 Å². The summed E-state index contributed by atoms with van der Waals surface area (Å²) in [7, 11) is -3.12. The summed E-state index contributed by atoms with van der Waals surface area (Å²) in [4.78, 5) is 14.3. The average Bonchev–Trinajstić information content (AvgIpc) is 3.16. The summed E-state index contributed by atoms with van der Waals surface area (Å²) < 4.78 is 34.8. The van der Waals surface area contributed by atoms with E-state index in [1.807, 2.05) is 13.0 Å². The summed E-state index contributed by atoms with van der Waals surface area (Å²) in [6.07, 6.45) is 0.417. The van der Waals surface area contributed by atoms with Gasteiger partial charge in [0, 0.05) is 6.04 Å². The van der Waals surface area contributed by atoms with E-state index in [0.29, 0.717) is 23.0 Å². The number of hydrogen-bond donors (Lipinski definition) is 0. The Bertz CT molecular complexity index is 892. The van der Waals surface area contributed by atoms with Crippen molar-refractivity contribution in [2.75, 3.05) is 18.1 Å². The number of carbonyl (C=O) groups is 1. The number of furan rings is 1. The van der Waals surface area contributed by atoms with E-state index in [2.05, 4.69) is 0 Å². The van der Waals surface area contributed by atoms with E-state index in [0.717, 1.165) is 5.76 Å². The lowest BCUT2D eigenvalue weighted by Gasteiger charge is -2.27. The molecule has 6 nitrogen and oxygen atoms in total. The zero-order valence-electron chi connectivity index (χ0n) is 14.4. The minimum Gasteiger partial charge on any atom is -0.482 e. The summed E-state index contributed by atoms with van der Waals surface area (Å²) in [6.45, 7) is 1.80. The number of para-hydroxylation sites is 1. The van der Waals surface area contributed by atoms with E-state index >= 15 is 0 Å². The second kappa shape index (κ2) is 7.72. The molecule has 0 saturated carbocycles. The lowest BCUT2D eigenvalue weighted by atomic mass is 10.2. The molecule has 3 rings (SSSR count). The van der Waals surface area contributed by atoms with Crippen LogP contribution in [-0.2, 0) is 21.2 Å². The number of aryl methyl sites for hydroxylation is 1. The molecule has 1 amide bonds. The van der Waals surface area contributed by atoms with Crippen LogP contribution in [0.5, 0.6) is 5.75 Å². The third kappa shape index (κ3) is 4.59. The van der Waals surface area contributed by atoms with Gasteiger partial charge in [0.1, 0.15) is 17.3 Å². The molecule has 1 fully saturated rings. The summed E-state index contributed by atoms with van der Waals surface area (Å²) in [6, 6.07) is 10.1. The Kier molecular flexibility index (Phi) is 5.58. The van der Waals surface area contributed by atoms with Crippen LogP contribution in [0.15, 0.2) is 40.8 Å². The minimum atomic E-state index is -3.12. The van der Waals surface area contributed by atoms with Crippen molar-refractivity contribution in [2.45, 2.75) is 25.9 Å². The molecule has 0 bridgehead atoms. The van der Waals surface area contributed by atoms with Crippen LogP contribution in [0.1, 0.15) is 17.9 Å². The van der Waals surface area contributed by atoms with Gasteiger partial charge in [0.25, 0.3) is 5.91 Å². The number of hydrogen-bond acceptors (Lipinski definition) is 5. The van der Waals surface area contributed by atoms with Crippen molar-refractivity contribution < 1.29 is 22.4 Å². The molecule has 26 heavy (non-hydrogen) atoms. The van der Waals surface area contributed by atoms with Gasteiger partial charge in [-0.15, -0.1) is 0 Å². The van der Waals surface area contributed by atoms with Gasteiger partial charge in [0.05, 0.1) is 23.1 Å². The van der Waals surface area contributed by atoms with E-state index in [1.165, 1.54) is 4.90 Å². The van der Waals surface area contributed by atoms with Gasteiger partial charge in [0.2, 0.25) is 0 Å². The van der Waals surface area contributed by atoms with Crippen molar-refractivity contribution >= 4 is 27.3 Å². The summed E-state index contributed by atoms with van der Waals surface area (Å²) in [5, 5.41) is 0.414. The predicted molar refractivity (Wildman–Crippen MR) is 98.0 cm³/mol.